The molecule has 92 valence electrons. The first-order chi connectivity index (χ1) is 8.81. The zero-order valence-electron chi connectivity index (χ0n) is 9.89. The molecule has 2 aromatic rings. The molecule has 5 nitrogen and oxygen atoms in total. The van der Waals surface area contributed by atoms with Gasteiger partial charge >= 0.3 is 0 Å². The Bertz CT molecular complexity index is 593. The average Bonchev–Trinajstić information content (AvgIpc) is 2.40. The van der Waals surface area contributed by atoms with Crippen LogP contribution < -0.4 is 10.9 Å². The Morgan fingerprint density at radius 2 is 2.11 bits per heavy atom. The summed E-state index contributed by atoms with van der Waals surface area (Å²) in [5.41, 5.74) is 2.25. The smallest absolute Gasteiger partial charge is 0.248 e. The number of nitrogens with one attached hydrogen (secondary N) is 2. The molecule has 1 aliphatic rings. The molecule has 0 unspecified atom stereocenters. The Hall–Kier alpha value is -2.17. The summed E-state index contributed by atoms with van der Waals surface area (Å²) in [6.07, 6.45) is 6.21. The van der Waals surface area contributed by atoms with Crippen molar-refractivity contribution in [2.75, 3.05) is 5.32 Å². The molecule has 1 atom stereocenters. The zero-order valence-corrected chi connectivity index (χ0v) is 9.89. The Kier molecular flexibility index (Phi) is 2.80. The van der Waals surface area contributed by atoms with Crippen molar-refractivity contribution in [1.29, 1.82) is 0 Å². The molecule has 2 N–H and O–H groups in total. The van der Waals surface area contributed by atoms with Crippen LogP contribution in [0.15, 0.2) is 35.4 Å². The highest BCUT2D eigenvalue weighted by Crippen LogP contribution is 2.20. The first-order valence-corrected chi connectivity index (χ1v) is 6.06. The highest BCUT2D eigenvalue weighted by molar-refractivity contribution is 5.30. The van der Waals surface area contributed by atoms with E-state index in [-0.39, 0.29) is 5.56 Å². The van der Waals surface area contributed by atoms with Crippen molar-refractivity contribution in [2.24, 2.45) is 0 Å². The Morgan fingerprint density at radius 1 is 1.28 bits per heavy atom. The number of pyridine rings is 1. The van der Waals surface area contributed by atoms with Gasteiger partial charge in [0.2, 0.25) is 11.5 Å². The fourth-order valence-corrected chi connectivity index (χ4v) is 2.33. The van der Waals surface area contributed by atoms with Crippen LogP contribution in [0.4, 0.5) is 5.95 Å². The van der Waals surface area contributed by atoms with Crippen molar-refractivity contribution >= 4 is 5.95 Å². The number of fused-ring (bicyclic) bond motifs is 1. The van der Waals surface area contributed by atoms with Gasteiger partial charge in [0.15, 0.2) is 0 Å². The van der Waals surface area contributed by atoms with Crippen LogP contribution in [0, 0.1) is 0 Å². The number of nitrogens with zero attached hydrogens (tertiary/aromatic N) is 2. The van der Waals surface area contributed by atoms with Crippen molar-refractivity contribution < 1.29 is 0 Å². The van der Waals surface area contributed by atoms with Gasteiger partial charge in [0.05, 0.1) is 0 Å². The summed E-state index contributed by atoms with van der Waals surface area (Å²) in [7, 11) is 0. The highest BCUT2D eigenvalue weighted by atomic mass is 16.1. The minimum atomic E-state index is -0.0217. The molecule has 0 bridgehead atoms. The van der Waals surface area contributed by atoms with Crippen LogP contribution in [0.5, 0.6) is 0 Å². The Balaban J connectivity index is 1.75. The highest BCUT2D eigenvalue weighted by Gasteiger charge is 2.19. The molecule has 2 aromatic heterocycles. The second-order valence-electron chi connectivity index (χ2n) is 4.48. The van der Waals surface area contributed by atoms with Gasteiger partial charge in [-0.2, -0.15) is 0 Å². The molecular weight excluding hydrogens is 228 g/mol. The molecule has 0 fully saturated rings. The Labute approximate surface area is 104 Å². The van der Waals surface area contributed by atoms with Crippen molar-refractivity contribution in [3.8, 4) is 0 Å². The summed E-state index contributed by atoms with van der Waals surface area (Å²) in [6, 6.07) is 5.62. The molecule has 3 rings (SSSR count). The summed E-state index contributed by atoms with van der Waals surface area (Å²) in [4.78, 5) is 22.4. The molecule has 0 saturated heterocycles. The lowest BCUT2D eigenvalue weighted by Gasteiger charge is -2.24. The third kappa shape index (κ3) is 2.25. The van der Waals surface area contributed by atoms with Gasteiger partial charge in [0.1, 0.15) is 0 Å². The second kappa shape index (κ2) is 4.60. The number of rotatable bonds is 2. The van der Waals surface area contributed by atoms with E-state index in [9.17, 15) is 4.79 Å². The van der Waals surface area contributed by atoms with Gasteiger partial charge in [0.25, 0.3) is 0 Å². The van der Waals surface area contributed by atoms with Crippen molar-refractivity contribution in [2.45, 2.75) is 25.3 Å². The zero-order chi connectivity index (χ0) is 12.4. The van der Waals surface area contributed by atoms with Crippen LogP contribution in [-0.2, 0) is 12.8 Å². The summed E-state index contributed by atoms with van der Waals surface area (Å²) >= 11 is 0. The number of hydrogen-bond donors (Lipinski definition) is 2. The van der Waals surface area contributed by atoms with Gasteiger partial charge in [-0.05, 0) is 30.9 Å². The largest absolute Gasteiger partial charge is 0.351 e. The van der Waals surface area contributed by atoms with Crippen LogP contribution >= 0.6 is 0 Å². The SMILES string of the molecule is O=c1ccc2c([nH]1)CC[C@H](Nc1ncccn1)C2. The van der Waals surface area contributed by atoms with E-state index in [2.05, 4.69) is 20.3 Å². The van der Waals surface area contributed by atoms with E-state index in [0.29, 0.717) is 12.0 Å². The van der Waals surface area contributed by atoms with E-state index in [1.54, 1.807) is 24.5 Å². The van der Waals surface area contributed by atoms with Crippen LogP contribution in [0.25, 0.3) is 0 Å². The maximum atomic E-state index is 11.2. The van der Waals surface area contributed by atoms with Crippen LogP contribution in [-0.4, -0.2) is 21.0 Å². The fraction of sp³-hybridized carbons (Fsp3) is 0.308. The van der Waals surface area contributed by atoms with E-state index >= 15 is 0 Å². The van der Waals surface area contributed by atoms with Gasteiger partial charge in [0, 0.05) is 30.2 Å². The molecular formula is C13H14N4O. The average molecular weight is 242 g/mol. The molecule has 0 spiro atoms. The maximum Gasteiger partial charge on any atom is 0.248 e. The first kappa shape index (κ1) is 11.0. The number of H-pyrrole nitrogens is 1. The number of aromatic amines is 1. The van der Waals surface area contributed by atoms with Gasteiger partial charge < -0.3 is 10.3 Å². The lowest BCUT2D eigenvalue weighted by molar-refractivity contribution is 0.593. The minimum Gasteiger partial charge on any atom is -0.351 e. The topological polar surface area (TPSA) is 70.7 Å². The van der Waals surface area contributed by atoms with Crippen molar-refractivity contribution in [3.05, 3.63) is 52.2 Å². The number of hydrogen-bond acceptors (Lipinski definition) is 4. The third-order valence-corrected chi connectivity index (χ3v) is 3.21. The Morgan fingerprint density at radius 3 is 2.94 bits per heavy atom. The minimum absolute atomic E-state index is 0.0217. The second-order valence-corrected chi connectivity index (χ2v) is 4.48. The predicted molar refractivity (Wildman–Crippen MR) is 68.5 cm³/mol. The number of anilines is 1. The quantitative estimate of drug-likeness (QED) is 0.828. The van der Waals surface area contributed by atoms with E-state index < -0.39 is 0 Å². The maximum absolute atomic E-state index is 11.2. The lowest BCUT2D eigenvalue weighted by atomic mass is 9.92. The molecule has 2 heterocycles. The summed E-state index contributed by atoms with van der Waals surface area (Å²) < 4.78 is 0. The normalized spacial score (nSPS) is 18.1. The molecule has 0 aliphatic heterocycles. The van der Waals surface area contributed by atoms with Crippen molar-refractivity contribution in [1.82, 2.24) is 15.0 Å². The lowest BCUT2D eigenvalue weighted by Crippen LogP contribution is -2.29. The van der Waals surface area contributed by atoms with E-state index in [4.69, 9.17) is 0 Å². The molecule has 18 heavy (non-hydrogen) atoms. The van der Waals surface area contributed by atoms with E-state index in [1.807, 2.05) is 6.07 Å². The van der Waals surface area contributed by atoms with Crippen LogP contribution in [0.3, 0.4) is 0 Å². The third-order valence-electron chi connectivity index (χ3n) is 3.21. The molecule has 0 amide bonds. The van der Waals surface area contributed by atoms with Gasteiger partial charge in [-0.25, -0.2) is 9.97 Å². The van der Waals surface area contributed by atoms with E-state index in [1.165, 1.54) is 5.56 Å². The molecule has 0 radical (unpaired) electrons. The van der Waals surface area contributed by atoms with Gasteiger partial charge in [-0.3, -0.25) is 4.79 Å². The standard InChI is InChI=1S/C13H14N4O/c18-12-5-2-9-8-10(3-4-11(9)17-12)16-13-14-6-1-7-15-13/h1-2,5-7,10H,3-4,8H2,(H,17,18)(H,14,15,16)/t10-/m0/s1. The monoisotopic (exact) mass is 242 g/mol. The summed E-state index contributed by atoms with van der Waals surface area (Å²) in [5, 5.41) is 3.32. The summed E-state index contributed by atoms with van der Waals surface area (Å²) in [6.45, 7) is 0. The fourth-order valence-electron chi connectivity index (χ4n) is 2.33. The number of aromatic nitrogens is 3. The van der Waals surface area contributed by atoms with Gasteiger partial charge in [-0.1, -0.05) is 6.07 Å². The molecule has 0 saturated carbocycles. The molecule has 0 aromatic carbocycles. The van der Waals surface area contributed by atoms with E-state index in [0.717, 1.165) is 25.0 Å². The van der Waals surface area contributed by atoms with Gasteiger partial charge in [-0.15, -0.1) is 0 Å². The molecule has 5 heteroatoms. The number of aryl methyl sites for hydroxylation is 1. The predicted octanol–water partition coefficient (Wildman–Crippen LogP) is 1.13. The first-order valence-electron chi connectivity index (χ1n) is 6.06. The summed E-state index contributed by atoms with van der Waals surface area (Å²) in [5.74, 6) is 0.662. The van der Waals surface area contributed by atoms with Crippen LogP contribution in [0.2, 0.25) is 0 Å². The molecule has 1 aliphatic carbocycles. The van der Waals surface area contributed by atoms with Crippen LogP contribution in [0.1, 0.15) is 17.7 Å². The van der Waals surface area contributed by atoms with Crippen molar-refractivity contribution in [3.63, 3.8) is 0 Å².